The first-order chi connectivity index (χ1) is 14.3. The van der Waals surface area contributed by atoms with Crippen LogP contribution in [0.25, 0.3) is 0 Å². The summed E-state index contributed by atoms with van der Waals surface area (Å²) in [4.78, 5) is 34.4. The molecule has 0 saturated carbocycles. The second kappa shape index (κ2) is 8.86. The highest BCUT2D eigenvalue weighted by molar-refractivity contribution is 5.98. The molecule has 0 fully saturated rings. The van der Waals surface area contributed by atoms with Crippen LogP contribution in [-0.4, -0.2) is 16.7 Å². The van der Waals surface area contributed by atoms with Crippen molar-refractivity contribution in [3.05, 3.63) is 93.2 Å². The fourth-order valence-electron chi connectivity index (χ4n) is 2.48. The van der Waals surface area contributed by atoms with E-state index < -0.39 is 28.2 Å². The minimum absolute atomic E-state index is 0.0932. The molecule has 0 atom stereocenters. The summed E-state index contributed by atoms with van der Waals surface area (Å²) < 4.78 is 24.7. The van der Waals surface area contributed by atoms with Crippen molar-refractivity contribution >= 4 is 17.5 Å². The van der Waals surface area contributed by atoms with Crippen molar-refractivity contribution in [3.8, 4) is 5.75 Å². The smallest absolute Gasteiger partial charge is 0.305 e. The molecule has 2 N–H and O–H groups in total. The molecule has 0 saturated heterocycles. The van der Waals surface area contributed by atoms with Gasteiger partial charge in [-0.25, -0.2) is 4.39 Å². The molecule has 0 aliphatic carbocycles. The molecule has 0 bridgehead atoms. The molecule has 0 unspecified atom stereocenters. The van der Waals surface area contributed by atoms with Crippen LogP contribution in [0, 0.1) is 22.9 Å². The molecule has 9 nitrogen and oxygen atoms in total. The molecule has 0 radical (unpaired) electrons. The van der Waals surface area contributed by atoms with Gasteiger partial charge in [0.1, 0.15) is 23.9 Å². The summed E-state index contributed by atoms with van der Waals surface area (Å²) in [5.74, 6) is -1.68. The van der Waals surface area contributed by atoms with Gasteiger partial charge in [-0.05, 0) is 37.3 Å². The first kappa shape index (κ1) is 20.5. The maximum absolute atomic E-state index is 13.8. The largest absolute Gasteiger partial charge is 0.486 e. The van der Waals surface area contributed by atoms with Crippen molar-refractivity contribution in [1.82, 2.24) is 10.9 Å². The molecule has 10 heteroatoms. The van der Waals surface area contributed by atoms with Crippen LogP contribution in [0.4, 0.5) is 10.1 Å². The first-order valence-corrected chi connectivity index (χ1v) is 8.67. The molecule has 3 aromatic rings. The summed E-state index contributed by atoms with van der Waals surface area (Å²) in [6.07, 6.45) is 0. The van der Waals surface area contributed by atoms with Gasteiger partial charge < -0.3 is 9.15 Å². The van der Waals surface area contributed by atoms with E-state index in [1.54, 1.807) is 18.2 Å². The molecule has 2 amide bonds. The van der Waals surface area contributed by atoms with E-state index in [1.807, 2.05) is 18.2 Å². The number of rotatable bonds is 6. The van der Waals surface area contributed by atoms with Crippen LogP contribution in [0.3, 0.4) is 0 Å². The number of hydrazine groups is 1. The third kappa shape index (κ3) is 4.79. The van der Waals surface area contributed by atoms with Crippen LogP contribution >= 0.6 is 0 Å². The van der Waals surface area contributed by atoms with Gasteiger partial charge in [0.05, 0.1) is 16.1 Å². The molecule has 154 valence electrons. The maximum Gasteiger partial charge on any atom is 0.305 e. The number of hydrogen-bond acceptors (Lipinski definition) is 6. The molecule has 0 spiro atoms. The second-order valence-electron chi connectivity index (χ2n) is 6.14. The normalized spacial score (nSPS) is 10.3. The highest BCUT2D eigenvalue weighted by Gasteiger charge is 2.20. The Morgan fingerprint density at radius 2 is 1.80 bits per heavy atom. The van der Waals surface area contributed by atoms with E-state index in [0.717, 1.165) is 12.1 Å². The number of para-hydroxylation sites is 1. The molecular formula is C20H16FN3O6. The van der Waals surface area contributed by atoms with Gasteiger partial charge in [0.15, 0.2) is 5.76 Å². The fourth-order valence-corrected chi connectivity index (χ4v) is 2.48. The van der Waals surface area contributed by atoms with Gasteiger partial charge in [0.2, 0.25) is 0 Å². The van der Waals surface area contributed by atoms with Crippen LogP contribution in [0.5, 0.6) is 5.75 Å². The van der Waals surface area contributed by atoms with Crippen LogP contribution in [0.1, 0.15) is 32.2 Å². The molecule has 1 heterocycles. The highest BCUT2D eigenvalue weighted by Crippen LogP contribution is 2.22. The highest BCUT2D eigenvalue weighted by atomic mass is 19.1. The van der Waals surface area contributed by atoms with Gasteiger partial charge in [-0.3, -0.25) is 30.6 Å². The Bertz CT molecular complexity index is 1100. The van der Waals surface area contributed by atoms with Gasteiger partial charge in [-0.15, -0.1) is 0 Å². The maximum atomic E-state index is 13.8. The summed E-state index contributed by atoms with van der Waals surface area (Å²) >= 11 is 0. The van der Waals surface area contributed by atoms with E-state index >= 15 is 0 Å². The molecular weight excluding hydrogens is 397 g/mol. The monoisotopic (exact) mass is 413 g/mol. The fraction of sp³-hybridized carbons (Fsp3) is 0.100. The lowest BCUT2D eigenvalue weighted by Gasteiger charge is -2.07. The number of benzene rings is 2. The van der Waals surface area contributed by atoms with E-state index in [0.29, 0.717) is 11.5 Å². The zero-order chi connectivity index (χ0) is 21.7. The predicted octanol–water partition coefficient (Wildman–Crippen LogP) is 3.29. The van der Waals surface area contributed by atoms with E-state index in [2.05, 4.69) is 10.9 Å². The van der Waals surface area contributed by atoms with Crippen LogP contribution in [-0.2, 0) is 6.61 Å². The van der Waals surface area contributed by atoms with Crippen LogP contribution in [0.2, 0.25) is 0 Å². The van der Waals surface area contributed by atoms with Crippen molar-refractivity contribution < 1.29 is 28.1 Å². The topological polar surface area (TPSA) is 124 Å². The number of nitrogens with one attached hydrogen (secondary N) is 2. The summed E-state index contributed by atoms with van der Waals surface area (Å²) in [5.41, 5.74) is 3.11. The number of carbonyl (C=O) groups excluding carboxylic acids is 2. The van der Waals surface area contributed by atoms with Gasteiger partial charge in [-0.1, -0.05) is 18.2 Å². The summed E-state index contributed by atoms with van der Waals surface area (Å²) in [5, 5.41) is 11.0. The number of nitro benzene ring substituents is 1. The third-order valence-corrected chi connectivity index (χ3v) is 4.08. The first-order valence-electron chi connectivity index (χ1n) is 8.67. The van der Waals surface area contributed by atoms with Gasteiger partial charge in [0.25, 0.3) is 11.6 Å². The molecule has 30 heavy (non-hydrogen) atoms. The Balaban J connectivity index is 1.59. The number of carbonyl (C=O) groups is 2. The van der Waals surface area contributed by atoms with Crippen molar-refractivity contribution in [3.63, 3.8) is 0 Å². The number of halogens is 1. The Morgan fingerprint density at radius 1 is 1.10 bits per heavy atom. The number of nitrogens with zero attached hydrogens (tertiary/aromatic N) is 1. The second-order valence-corrected chi connectivity index (χ2v) is 6.14. The van der Waals surface area contributed by atoms with Crippen molar-refractivity contribution in [2.24, 2.45) is 0 Å². The Labute approximate surface area is 169 Å². The molecule has 1 aromatic heterocycles. The quantitative estimate of drug-likeness (QED) is 0.472. The summed E-state index contributed by atoms with van der Waals surface area (Å²) in [6, 6.07) is 13.7. The predicted molar refractivity (Wildman–Crippen MR) is 102 cm³/mol. The lowest BCUT2D eigenvalue weighted by Crippen LogP contribution is -2.41. The number of hydrogen-bond donors (Lipinski definition) is 2. The lowest BCUT2D eigenvalue weighted by molar-refractivity contribution is -0.385. The zero-order valence-electron chi connectivity index (χ0n) is 15.7. The van der Waals surface area contributed by atoms with Crippen LogP contribution < -0.4 is 15.6 Å². The van der Waals surface area contributed by atoms with Gasteiger partial charge in [-0.2, -0.15) is 0 Å². The third-order valence-electron chi connectivity index (χ3n) is 4.08. The van der Waals surface area contributed by atoms with Crippen LogP contribution in [0.15, 0.2) is 59.0 Å². The minimum Gasteiger partial charge on any atom is -0.486 e. The molecule has 0 aliphatic rings. The van der Waals surface area contributed by atoms with E-state index in [4.69, 9.17) is 9.15 Å². The average Bonchev–Trinajstić information content (AvgIpc) is 3.22. The summed E-state index contributed by atoms with van der Waals surface area (Å²) in [6.45, 7) is 1.32. The number of ether oxygens (including phenoxy) is 1. The van der Waals surface area contributed by atoms with Crippen molar-refractivity contribution in [1.29, 1.82) is 0 Å². The van der Waals surface area contributed by atoms with E-state index in [-0.39, 0.29) is 23.5 Å². The average molecular weight is 413 g/mol. The standard InChI is InChI=1S/C20H16FN3O6/c1-12-16(21)9-13(10-17(12)24(27)28)19(25)22-23-20(26)18-8-7-15(30-18)11-29-14-5-3-2-4-6-14/h2-10H,11H2,1H3,(H,22,25)(H,23,26). The van der Waals surface area contributed by atoms with Crippen molar-refractivity contribution in [2.75, 3.05) is 0 Å². The SMILES string of the molecule is Cc1c(F)cc(C(=O)NNC(=O)c2ccc(COc3ccccc3)o2)cc1[N+](=O)[O-]. The Hall–Kier alpha value is -4.21. The lowest BCUT2D eigenvalue weighted by atomic mass is 10.1. The van der Waals surface area contributed by atoms with Gasteiger partial charge >= 0.3 is 5.91 Å². The van der Waals surface area contributed by atoms with E-state index in [9.17, 15) is 24.1 Å². The molecule has 2 aromatic carbocycles. The van der Waals surface area contributed by atoms with Crippen molar-refractivity contribution in [2.45, 2.75) is 13.5 Å². The number of nitro groups is 1. The van der Waals surface area contributed by atoms with Gasteiger partial charge in [0, 0.05) is 6.07 Å². The molecule has 0 aliphatic heterocycles. The molecule has 3 rings (SSSR count). The Morgan fingerprint density at radius 3 is 2.50 bits per heavy atom. The number of furan rings is 1. The Kier molecular flexibility index (Phi) is 6.06. The zero-order valence-corrected chi connectivity index (χ0v) is 15.7. The minimum atomic E-state index is -0.926. The summed E-state index contributed by atoms with van der Waals surface area (Å²) in [7, 11) is 0. The van der Waals surface area contributed by atoms with E-state index in [1.165, 1.54) is 13.0 Å². The number of amides is 2.